The molecule has 2 aromatic heterocycles. The van der Waals surface area contributed by atoms with Crippen molar-refractivity contribution in [1.82, 2.24) is 14.9 Å². The van der Waals surface area contributed by atoms with Crippen molar-refractivity contribution >= 4 is 11.7 Å². The zero-order chi connectivity index (χ0) is 15.5. The second-order valence-electron chi connectivity index (χ2n) is 5.78. The summed E-state index contributed by atoms with van der Waals surface area (Å²) in [5, 5.41) is 0. The van der Waals surface area contributed by atoms with Gasteiger partial charge in [-0.1, -0.05) is 6.07 Å². The third-order valence-corrected chi connectivity index (χ3v) is 3.76. The van der Waals surface area contributed by atoms with Crippen molar-refractivity contribution < 1.29 is 4.79 Å². The molecule has 0 unspecified atom stereocenters. The Bertz CT molecular complexity index is 653. The van der Waals surface area contributed by atoms with E-state index < -0.39 is 0 Å². The number of nitrogens with zero attached hydrogens (tertiary/aromatic N) is 4. The van der Waals surface area contributed by atoms with E-state index in [1.165, 1.54) is 0 Å². The molecule has 0 atom stereocenters. The van der Waals surface area contributed by atoms with Crippen molar-refractivity contribution in [2.24, 2.45) is 0 Å². The van der Waals surface area contributed by atoms with E-state index in [0.29, 0.717) is 18.2 Å². The topological polar surface area (TPSA) is 49.3 Å². The first kappa shape index (κ1) is 14.5. The van der Waals surface area contributed by atoms with Crippen LogP contribution in [-0.4, -0.2) is 40.9 Å². The third-order valence-electron chi connectivity index (χ3n) is 3.76. The fourth-order valence-electron chi connectivity index (χ4n) is 2.38. The van der Waals surface area contributed by atoms with Crippen molar-refractivity contribution in [3.8, 4) is 0 Å². The molecule has 0 saturated heterocycles. The molecule has 114 valence electrons. The van der Waals surface area contributed by atoms with Gasteiger partial charge in [0.15, 0.2) is 0 Å². The van der Waals surface area contributed by atoms with Crippen LogP contribution >= 0.6 is 0 Å². The Hall–Kier alpha value is -2.43. The predicted molar refractivity (Wildman–Crippen MR) is 85.7 cm³/mol. The van der Waals surface area contributed by atoms with Gasteiger partial charge in [-0.25, -0.2) is 4.98 Å². The summed E-state index contributed by atoms with van der Waals surface area (Å²) < 4.78 is 0. The van der Waals surface area contributed by atoms with Crippen LogP contribution in [0.5, 0.6) is 0 Å². The summed E-state index contributed by atoms with van der Waals surface area (Å²) in [6.45, 7) is 0.559. The lowest BCUT2D eigenvalue weighted by molar-refractivity contribution is 0.0727. The molecule has 3 rings (SSSR count). The van der Waals surface area contributed by atoms with E-state index >= 15 is 0 Å². The van der Waals surface area contributed by atoms with Gasteiger partial charge in [0.05, 0.1) is 12.2 Å². The Morgan fingerprint density at radius 1 is 1.18 bits per heavy atom. The molecule has 22 heavy (non-hydrogen) atoms. The van der Waals surface area contributed by atoms with Gasteiger partial charge in [-0.2, -0.15) is 0 Å². The highest BCUT2D eigenvalue weighted by molar-refractivity contribution is 5.95. The van der Waals surface area contributed by atoms with Crippen molar-refractivity contribution in [2.75, 3.05) is 19.0 Å². The number of carbonyl (C=O) groups excluding carboxylic acids is 1. The molecule has 0 aromatic carbocycles. The molecule has 0 bridgehead atoms. The predicted octanol–water partition coefficient (Wildman–Crippen LogP) is 2.35. The molecule has 0 spiro atoms. The Morgan fingerprint density at radius 2 is 2.00 bits per heavy atom. The summed E-state index contributed by atoms with van der Waals surface area (Å²) in [4.78, 5) is 25.3. The maximum Gasteiger partial charge on any atom is 0.254 e. The maximum absolute atomic E-state index is 12.9. The molecular formula is C17H20N4O. The van der Waals surface area contributed by atoms with Gasteiger partial charge in [0.1, 0.15) is 5.82 Å². The van der Waals surface area contributed by atoms with Crippen LogP contribution in [0.1, 0.15) is 28.9 Å². The molecule has 1 saturated carbocycles. The smallest absolute Gasteiger partial charge is 0.254 e. The molecule has 1 fully saturated rings. The van der Waals surface area contributed by atoms with E-state index in [-0.39, 0.29) is 5.91 Å². The van der Waals surface area contributed by atoms with Gasteiger partial charge in [-0.15, -0.1) is 0 Å². The Balaban J connectivity index is 1.82. The van der Waals surface area contributed by atoms with Gasteiger partial charge in [0.25, 0.3) is 5.91 Å². The molecule has 0 radical (unpaired) electrons. The number of amides is 1. The van der Waals surface area contributed by atoms with Crippen LogP contribution in [0.25, 0.3) is 0 Å². The van der Waals surface area contributed by atoms with Crippen molar-refractivity contribution in [3.05, 3.63) is 54.0 Å². The van der Waals surface area contributed by atoms with Gasteiger partial charge in [0.2, 0.25) is 0 Å². The first-order valence-corrected chi connectivity index (χ1v) is 7.49. The lowest BCUT2D eigenvalue weighted by Gasteiger charge is -2.22. The summed E-state index contributed by atoms with van der Waals surface area (Å²) in [6.07, 6.45) is 5.60. The van der Waals surface area contributed by atoms with E-state index in [1.54, 1.807) is 18.5 Å². The second-order valence-corrected chi connectivity index (χ2v) is 5.78. The number of anilines is 1. The fraction of sp³-hybridized carbons (Fsp3) is 0.353. The van der Waals surface area contributed by atoms with Gasteiger partial charge < -0.3 is 9.80 Å². The van der Waals surface area contributed by atoms with E-state index in [1.807, 2.05) is 48.2 Å². The Labute approximate surface area is 130 Å². The van der Waals surface area contributed by atoms with Crippen molar-refractivity contribution in [2.45, 2.75) is 25.4 Å². The number of carbonyl (C=O) groups is 1. The summed E-state index contributed by atoms with van der Waals surface area (Å²) >= 11 is 0. The van der Waals surface area contributed by atoms with E-state index in [9.17, 15) is 4.79 Å². The number of hydrogen-bond donors (Lipinski definition) is 0. The maximum atomic E-state index is 12.9. The molecule has 1 aliphatic rings. The highest BCUT2D eigenvalue weighted by atomic mass is 16.2. The highest BCUT2D eigenvalue weighted by Gasteiger charge is 2.33. The standard InChI is InChI=1S/C17H20N4O/c1-20(2)16-11-13(8-10-19-16)17(22)21(15-6-7-15)12-14-5-3-4-9-18-14/h3-5,8-11,15H,6-7,12H2,1-2H3. The zero-order valence-electron chi connectivity index (χ0n) is 12.9. The van der Waals surface area contributed by atoms with Crippen molar-refractivity contribution in [3.63, 3.8) is 0 Å². The molecule has 5 nitrogen and oxygen atoms in total. The Morgan fingerprint density at radius 3 is 2.64 bits per heavy atom. The van der Waals surface area contributed by atoms with Crippen LogP contribution in [0.2, 0.25) is 0 Å². The average Bonchev–Trinajstić information content (AvgIpc) is 3.38. The molecule has 1 amide bonds. The van der Waals surface area contributed by atoms with E-state index in [0.717, 1.165) is 24.4 Å². The number of rotatable bonds is 5. The number of pyridine rings is 2. The fourth-order valence-corrected chi connectivity index (χ4v) is 2.38. The quantitative estimate of drug-likeness (QED) is 0.850. The van der Waals surface area contributed by atoms with Crippen molar-refractivity contribution in [1.29, 1.82) is 0 Å². The molecule has 2 heterocycles. The number of hydrogen-bond acceptors (Lipinski definition) is 4. The first-order chi connectivity index (χ1) is 10.6. The van der Waals surface area contributed by atoms with Crippen LogP contribution < -0.4 is 4.90 Å². The molecule has 0 N–H and O–H groups in total. The lowest BCUT2D eigenvalue weighted by Crippen LogP contribution is -2.33. The third kappa shape index (κ3) is 3.24. The summed E-state index contributed by atoms with van der Waals surface area (Å²) in [6, 6.07) is 9.76. The monoisotopic (exact) mass is 296 g/mol. The first-order valence-electron chi connectivity index (χ1n) is 7.49. The van der Waals surface area contributed by atoms with E-state index in [4.69, 9.17) is 0 Å². The van der Waals surface area contributed by atoms with Crippen LogP contribution in [0.4, 0.5) is 5.82 Å². The molecule has 0 aliphatic heterocycles. The minimum Gasteiger partial charge on any atom is -0.363 e. The SMILES string of the molecule is CN(C)c1cc(C(=O)N(Cc2ccccn2)C2CC2)ccn1. The van der Waals surface area contributed by atoms with Crippen LogP contribution in [0.3, 0.4) is 0 Å². The molecule has 2 aromatic rings. The molecule has 1 aliphatic carbocycles. The zero-order valence-corrected chi connectivity index (χ0v) is 12.9. The summed E-state index contributed by atoms with van der Waals surface area (Å²) in [5.74, 6) is 0.845. The van der Waals surface area contributed by atoms with E-state index in [2.05, 4.69) is 9.97 Å². The van der Waals surface area contributed by atoms with Gasteiger partial charge in [0, 0.05) is 38.1 Å². The van der Waals surface area contributed by atoms with Gasteiger partial charge in [-0.3, -0.25) is 9.78 Å². The molecule has 5 heteroatoms. The molecular weight excluding hydrogens is 276 g/mol. The normalized spacial score (nSPS) is 13.7. The summed E-state index contributed by atoms with van der Waals surface area (Å²) in [7, 11) is 3.84. The minimum absolute atomic E-state index is 0.0543. The van der Waals surface area contributed by atoms with Crippen LogP contribution in [0.15, 0.2) is 42.7 Å². The average molecular weight is 296 g/mol. The lowest BCUT2D eigenvalue weighted by atomic mass is 10.2. The largest absolute Gasteiger partial charge is 0.363 e. The highest BCUT2D eigenvalue weighted by Crippen LogP contribution is 2.29. The summed E-state index contributed by atoms with van der Waals surface area (Å²) in [5.41, 5.74) is 1.60. The second kappa shape index (κ2) is 6.13. The van der Waals surface area contributed by atoms with Gasteiger partial charge >= 0.3 is 0 Å². The number of aromatic nitrogens is 2. The minimum atomic E-state index is 0.0543. The Kier molecular flexibility index (Phi) is 4.04. The van der Waals surface area contributed by atoms with Crippen LogP contribution in [0, 0.1) is 0 Å². The van der Waals surface area contributed by atoms with Gasteiger partial charge in [-0.05, 0) is 37.1 Å². The van der Waals surface area contributed by atoms with Crippen LogP contribution in [-0.2, 0) is 6.54 Å².